The maximum atomic E-state index is 10.8. The Labute approximate surface area is 78.9 Å². The van der Waals surface area contributed by atoms with Crippen LogP contribution in [0.1, 0.15) is 13.8 Å². The van der Waals surface area contributed by atoms with Gasteiger partial charge in [0, 0.05) is 5.57 Å². The maximum absolute atomic E-state index is 10.8. The van der Waals surface area contributed by atoms with Crippen molar-refractivity contribution in [1.29, 1.82) is 0 Å². The van der Waals surface area contributed by atoms with Crippen molar-refractivity contribution in [2.24, 2.45) is 0 Å². The molecule has 0 amide bonds. The normalized spacial score (nSPS) is 9.69. The van der Waals surface area contributed by atoms with Crippen LogP contribution in [0, 0.1) is 0 Å². The van der Waals surface area contributed by atoms with Crippen LogP contribution in [0.25, 0.3) is 0 Å². The second-order valence-electron chi connectivity index (χ2n) is 2.57. The average molecular weight is 187 g/mol. The zero-order chi connectivity index (χ0) is 10.1. The molecule has 76 valence electrons. The van der Waals surface area contributed by atoms with E-state index in [-0.39, 0.29) is 12.6 Å². The highest BCUT2D eigenvalue weighted by molar-refractivity contribution is 5.86. The summed E-state index contributed by atoms with van der Waals surface area (Å²) < 4.78 is 9.88. The highest BCUT2D eigenvalue weighted by Crippen LogP contribution is 1.91. The van der Waals surface area contributed by atoms with Crippen LogP contribution in [-0.2, 0) is 14.3 Å². The molecule has 0 fully saturated rings. The van der Waals surface area contributed by atoms with Gasteiger partial charge in [0.05, 0.1) is 13.3 Å². The van der Waals surface area contributed by atoms with E-state index in [1.807, 2.05) is 6.92 Å². The largest absolute Gasteiger partial charge is 0.460 e. The van der Waals surface area contributed by atoms with Gasteiger partial charge in [-0.2, -0.15) is 0 Å². The number of ether oxygens (including phenoxy) is 2. The van der Waals surface area contributed by atoms with E-state index in [2.05, 4.69) is 11.9 Å². The van der Waals surface area contributed by atoms with Crippen molar-refractivity contribution >= 4 is 5.97 Å². The van der Waals surface area contributed by atoms with E-state index in [1.165, 1.54) is 0 Å². The standard InChI is InChI=1S/C9H17NO3/c1-4-10-7-12-5-6-13-9(11)8(2)3/h10H,2,4-7H2,1,3H3. The number of nitrogens with one attached hydrogen (secondary N) is 1. The number of esters is 1. The fourth-order valence-electron chi connectivity index (χ4n) is 0.563. The van der Waals surface area contributed by atoms with Gasteiger partial charge in [0.1, 0.15) is 6.61 Å². The van der Waals surface area contributed by atoms with Crippen molar-refractivity contribution in [2.75, 3.05) is 26.5 Å². The Morgan fingerprint density at radius 3 is 2.69 bits per heavy atom. The maximum Gasteiger partial charge on any atom is 0.333 e. The highest BCUT2D eigenvalue weighted by Gasteiger charge is 2.01. The summed E-state index contributed by atoms with van der Waals surface area (Å²) in [5.41, 5.74) is 0.409. The molecule has 0 aromatic carbocycles. The molecular formula is C9H17NO3. The number of hydrogen-bond acceptors (Lipinski definition) is 4. The first kappa shape index (κ1) is 12.1. The molecular weight excluding hydrogens is 170 g/mol. The third-order valence-corrected chi connectivity index (χ3v) is 1.26. The Morgan fingerprint density at radius 1 is 1.46 bits per heavy atom. The van der Waals surface area contributed by atoms with E-state index >= 15 is 0 Å². The van der Waals surface area contributed by atoms with Crippen molar-refractivity contribution in [2.45, 2.75) is 13.8 Å². The van der Waals surface area contributed by atoms with Crippen LogP contribution in [0.5, 0.6) is 0 Å². The Kier molecular flexibility index (Phi) is 7.24. The molecule has 0 spiro atoms. The number of carbonyl (C=O) groups excluding carboxylic acids is 1. The molecule has 13 heavy (non-hydrogen) atoms. The zero-order valence-electron chi connectivity index (χ0n) is 8.26. The first-order valence-electron chi connectivity index (χ1n) is 4.29. The van der Waals surface area contributed by atoms with Gasteiger partial charge in [-0.3, -0.25) is 5.32 Å². The van der Waals surface area contributed by atoms with E-state index in [1.54, 1.807) is 6.92 Å². The number of hydrogen-bond donors (Lipinski definition) is 1. The van der Waals surface area contributed by atoms with Crippen molar-refractivity contribution in [3.05, 3.63) is 12.2 Å². The smallest absolute Gasteiger partial charge is 0.333 e. The Balaban J connectivity index is 3.16. The molecule has 0 aliphatic rings. The summed E-state index contributed by atoms with van der Waals surface area (Å²) in [4.78, 5) is 10.8. The lowest BCUT2D eigenvalue weighted by Gasteiger charge is -2.05. The van der Waals surface area contributed by atoms with E-state index in [4.69, 9.17) is 9.47 Å². The molecule has 0 heterocycles. The first-order valence-corrected chi connectivity index (χ1v) is 4.29. The predicted molar refractivity (Wildman–Crippen MR) is 50.3 cm³/mol. The lowest BCUT2D eigenvalue weighted by Crippen LogP contribution is -2.19. The Morgan fingerprint density at radius 2 is 2.15 bits per heavy atom. The average Bonchev–Trinajstić information content (AvgIpc) is 2.10. The summed E-state index contributed by atoms with van der Waals surface area (Å²) in [6, 6.07) is 0. The van der Waals surface area contributed by atoms with Crippen LogP contribution >= 0.6 is 0 Å². The third kappa shape index (κ3) is 7.49. The summed E-state index contributed by atoms with van der Waals surface area (Å²) in [5.74, 6) is -0.368. The minimum absolute atomic E-state index is 0.275. The van der Waals surface area contributed by atoms with Crippen LogP contribution in [0.4, 0.5) is 0 Å². The molecule has 0 bridgehead atoms. The molecule has 0 aromatic heterocycles. The Bertz CT molecular complexity index is 168. The van der Waals surface area contributed by atoms with Crippen LogP contribution in [0.3, 0.4) is 0 Å². The van der Waals surface area contributed by atoms with Crippen molar-refractivity contribution in [1.82, 2.24) is 5.32 Å². The fraction of sp³-hybridized carbons (Fsp3) is 0.667. The monoisotopic (exact) mass is 187 g/mol. The van der Waals surface area contributed by atoms with Crippen molar-refractivity contribution in [3.8, 4) is 0 Å². The van der Waals surface area contributed by atoms with E-state index < -0.39 is 0 Å². The molecule has 0 rings (SSSR count). The molecule has 4 nitrogen and oxygen atoms in total. The first-order chi connectivity index (χ1) is 6.18. The molecule has 4 heteroatoms. The summed E-state index contributed by atoms with van der Waals surface area (Å²) in [5, 5.41) is 2.98. The molecule has 0 aliphatic heterocycles. The lowest BCUT2D eigenvalue weighted by molar-refractivity contribution is -0.140. The van der Waals surface area contributed by atoms with Gasteiger partial charge in [0.25, 0.3) is 0 Å². The summed E-state index contributed by atoms with van der Waals surface area (Å²) >= 11 is 0. The second kappa shape index (κ2) is 7.76. The summed E-state index contributed by atoms with van der Waals surface area (Å²) in [7, 11) is 0. The van der Waals surface area contributed by atoms with Gasteiger partial charge >= 0.3 is 5.97 Å². The van der Waals surface area contributed by atoms with Crippen LogP contribution in [-0.4, -0.2) is 32.5 Å². The van der Waals surface area contributed by atoms with E-state index in [0.717, 1.165) is 6.54 Å². The van der Waals surface area contributed by atoms with Gasteiger partial charge in [-0.1, -0.05) is 13.5 Å². The molecule has 0 radical (unpaired) electrons. The third-order valence-electron chi connectivity index (χ3n) is 1.26. The van der Waals surface area contributed by atoms with Gasteiger partial charge in [-0.15, -0.1) is 0 Å². The Hall–Kier alpha value is -0.870. The van der Waals surface area contributed by atoms with Gasteiger partial charge < -0.3 is 9.47 Å². The molecule has 0 saturated carbocycles. The molecule has 0 aliphatic carbocycles. The number of carbonyl (C=O) groups is 1. The molecule has 0 atom stereocenters. The van der Waals surface area contributed by atoms with Crippen LogP contribution < -0.4 is 5.32 Å². The summed E-state index contributed by atoms with van der Waals surface area (Å²) in [6.45, 7) is 9.10. The predicted octanol–water partition coefficient (Wildman–Crippen LogP) is 0.689. The quantitative estimate of drug-likeness (QED) is 0.276. The number of rotatable bonds is 7. The highest BCUT2D eigenvalue weighted by atomic mass is 16.6. The van der Waals surface area contributed by atoms with Crippen molar-refractivity contribution < 1.29 is 14.3 Å². The SMILES string of the molecule is C=C(C)C(=O)OCCOCNCC. The van der Waals surface area contributed by atoms with E-state index in [9.17, 15) is 4.79 Å². The van der Waals surface area contributed by atoms with Crippen molar-refractivity contribution in [3.63, 3.8) is 0 Å². The summed E-state index contributed by atoms with van der Waals surface area (Å²) in [6.07, 6.45) is 0. The molecule has 0 unspecified atom stereocenters. The minimum Gasteiger partial charge on any atom is -0.460 e. The minimum atomic E-state index is -0.368. The lowest BCUT2D eigenvalue weighted by atomic mass is 10.4. The van der Waals surface area contributed by atoms with Gasteiger partial charge in [0.15, 0.2) is 0 Å². The van der Waals surface area contributed by atoms with Gasteiger partial charge in [-0.05, 0) is 13.5 Å². The fourth-order valence-corrected chi connectivity index (χ4v) is 0.563. The van der Waals surface area contributed by atoms with Crippen LogP contribution in [0.15, 0.2) is 12.2 Å². The van der Waals surface area contributed by atoms with Crippen LogP contribution in [0.2, 0.25) is 0 Å². The second-order valence-corrected chi connectivity index (χ2v) is 2.57. The topological polar surface area (TPSA) is 47.6 Å². The zero-order valence-corrected chi connectivity index (χ0v) is 8.26. The molecule has 0 aromatic rings. The van der Waals surface area contributed by atoms with E-state index in [0.29, 0.717) is 18.9 Å². The van der Waals surface area contributed by atoms with Gasteiger partial charge in [0.2, 0.25) is 0 Å². The molecule has 0 saturated heterocycles. The molecule has 1 N–H and O–H groups in total. The van der Waals surface area contributed by atoms with Gasteiger partial charge in [-0.25, -0.2) is 4.79 Å².